The molecule has 0 aromatic carbocycles. The summed E-state index contributed by atoms with van der Waals surface area (Å²) in [6.45, 7) is 7.82. The summed E-state index contributed by atoms with van der Waals surface area (Å²) < 4.78 is 0. The topological polar surface area (TPSA) is 40.5 Å². The Morgan fingerprint density at radius 2 is 2.22 bits per heavy atom. The van der Waals surface area contributed by atoms with Gasteiger partial charge in [0.2, 0.25) is 0 Å². The van der Waals surface area contributed by atoms with Crippen molar-refractivity contribution in [3.05, 3.63) is 47.8 Å². The van der Waals surface area contributed by atoms with Gasteiger partial charge < -0.3 is 10.2 Å². The minimum Gasteiger partial charge on any atom is -0.512 e. The average molecular weight is 246 g/mol. The molecule has 0 saturated heterocycles. The van der Waals surface area contributed by atoms with E-state index >= 15 is 0 Å². The SMILES string of the molecule is C=C(C)C1(O)C=CC=C(O)[C@H]1C1C=C(C)CCC1. The number of hydrogen-bond acceptors (Lipinski definition) is 2. The standard InChI is InChI=1S/C16H22O2/c1-11(2)16(18)9-5-8-14(17)15(16)13-7-4-6-12(3)10-13/h5,8-10,13,15,17-18H,1,4,6-7H2,2-3H3/t13?,15-,16?/m1/s1. The van der Waals surface area contributed by atoms with Crippen LogP contribution in [0.5, 0.6) is 0 Å². The third-order valence-electron chi connectivity index (χ3n) is 4.13. The van der Waals surface area contributed by atoms with Gasteiger partial charge in [-0.25, -0.2) is 0 Å². The van der Waals surface area contributed by atoms with E-state index in [0.29, 0.717) is 5.57 Å². The van der Waals surface area contributed by atoms with Crippen LogP contribution in [0.2, 0.25) is 0 Å². The molecule has 3 atom stereocenters. The predicted molar refractivity (Wildman–Crippen MR) is 74.2 cm³/mol. The summed E-state index contributed by atoms with van der Waals surface area (Å²) >= 11 is 0. The molecule has 2 rings (SSSR count). The first-order valence-electron chi connectivity index (χ1n) is 6.59. The Balaban J connectivity index is 2.39. The van der Waals surface area contributed by atoms with Crippen molar-refractivity contribution >= 4 is 0 Å². The third-order valence-corrected chi connectivity index (χ3v) is 4.13. The summed E-state index contributed by atoms with van der Waals surface area (Å²) in [5.74, 6) is 0.149. The van der Waals surface area contributed by atoms with Crippen molar-refractivity contribution in [2.45, 2.75) is 38.7 Å². The molecule has 98 valence electrons. The van der Waals surface area contributed by atoms with Crippen molar-refractivity contribution in [1.29, 1.82) is 0 Å². The minimum absolute atomic E-state index is 0.182. The predicted octanol–water partition coefficient (Wildman–Crippen LogP) is 3.67. The normalized spacial score (nSPS) is 35.9. The number of allylic oxidation sites excluding steroid dienone is 4. The largest absolute Gasteiger partial charge is 0.512 e. The lowest BCUT2D eigenvalue weighted by Crippen LogP contribution is -2.43. The second-order valence-corrected chi connectivity index (χ2v) is 5.60. The molecule has 2 heteroatoms. The lowest BCUT2D eigenvalue weighted by molar-refractivity contribution is 0.0340. The Kier molecular flexibility index (Phi) is 3.49. The van der Waals surface area contributed by atoms with Crippen LogP contribution in [-0.4, -0.2) is 15.8 Å². The van der Waals surface area contributed by atoms with Gasteiger partial charge in [0.05, 0.1) is 11.7 Å². The van der Waals surface area contributed by atoms with Gasteiger partial charge in [-0.05, 0) is 56.8 Å². The molecule has 0 fully saturated rings. The van der Waals surface area contributed by atoms with Gasteiger partial charge >= 0.3 is 0 Å². The number of aliphatic hydroxyl groups excluding tert-OH is 1. The Hall–Kier alpha value is -1.28. The second kappa shape index (κ2) is 4.77. The summed E-state index contributed by atoms with van der Waals surface area (Å²) in [4.78, 5) is 0. The van der Waals surface area contributed by atoms with Crippen molar-refractivity contribution in [3.8, 4) is 0 Å². The molecule has 18 heavy (non-hydrogen) atoms. The van der Waals surface area contributed by atoms with E-state index in [1.165, 1.54) is 5.57 Å². The summed E-state index contributed by atoms with van der Waals surface area (Å²) in [5, 5.41) is 21.0. The Morgan fingerprint density at radius 3 is 2.83 bits per heavy atom. The third kappa shape index (κ3) is 2.17. The van der Waals surface area contributed by atoms with E-state index in [4.69, 9.17) is 0 Å². The second-order valence-electron chi connectivity index (χ2n) is 5.60. The lowest BCUT2D eigenvalue weighted by Gasteiger charge is -2.41. The summed E-state index contributed by atoms with van der Waals surface area (Å²) in [7, 11) is 0. The van der Waals surface area contributed by atoms with Crippen LogP contribution < -0.4 is 0 Å². The smallest absolute Gasteiger partial charge is 0.114 e. The first-order chi connectivity index (χ1) is 8.45. The summed E-state index contributed by atoms with van der Waals surface area (Å²) in [5.41, 5.74) is 0.898. The zero-order chi connectivity index (χ0) is 13.3. The molecule has 0 amide bonds. The monoisotopic (exact) mass is 246 g/mol. The molecule has 2 unspecified atom stereocenters. The van der Waals surface area contributed by atoms with Crippen LogP contribution in [-0.2, 0) is 0 Å². The fourth-order valence-electron chi connectivity index (χ4n) is 3.09. The van der Waals surface area contributed by atoms with Crippen LogP contribution in [0.1, 0.15) is 33.1 Å². The first-order valence-corrected chi connectivity index (χ1v) is 6.59. The molecule has 0 aromatic heterocycles. The van der Waals surface area contributed by atoms with Crippen LogP contribution in [0.15, 0.2) is 47.8 Å². The average Bonchev–Trinajstić information content (AvgIpc) is 2.28. The molecular weight excluding hydrogens is 224 g/mol. The molecule has 2 aliphatic rings. The van der Waals surface area contributed by atoms with Gasteiger partial charge in [-0.3, -0.25) is 0 Å². The van der Waals surface area contributed by atoms with Gasteiger partial charge in [-0.1, -0.05) is 24.3 Å². The highest BCUT2D eigenvalue weighted by Crippen LogP contribution is 2.43. The zero-order valence-electron chi connectivity index (χ0n) is 11.2. The van der Waals surface area contributed by atoms with Crippen LogP contribution in [0, 0.1) is 11.8 Å². The molecule has 2 nitrogen and oxygen atoms in total. The summed E-state index contributed by atoms with van der Waals surface area (Å²) in [6, 6.07) is 0. The zero-order valence-corrected chi connectivity index (χ0v) is 11.2. The van der Waals surface area contributed by atoms with Crippen LogP contribution in [0.25, 0.3) is 0 Å². The van der Waals surface area contributed by atoms with Crippen LogP contribution in [0.4, 0.5) is 0 Å². The van der Waals surface area contributed by atoms with Gasteiger partial charge in [0.15, 0.2) is 0 Å². The summed E-state index contributed by atoms with van der Waals surface area (Å²) in [6.07, 6.45) is 10.6. The van der Waals surface area contributed by atoms with Crippen molar-refractivity contribution < 1.29 is 10.2 Å². The molecule has 0 heterocycles. The molecule has 0 spiro atoms. The Labute approximate surface area is 109 Å². The highest BCUT2D eigenvalue weighted by atomic mass is 16.3. The maximum Gasteiger partial charge on any atom is 0.114 e. The Morgan fingerprint density at radius 1 is 1.50 bits per heavy atom. The van der Waals surface area contributed by atoms with Gasteiger partial charge in [0.25, 0.3) is 0 Å². The van der Waals surface area contributed by atoms with Crippen LogP contribution >= 0.6 is 0 Å². The molecular formula is C16H22O2. The van der Waals surface area contributed by atoms with E-state index in [-0.39, 0.29) is 17.6 Å². The maximum atomic E-state index is 10.8. The van der Waals surface area contributed by atoms with Crippen molar-refractivity contribution in [1.82, 2.24) is 0 Å². The highest BCUT2D eigenvalue weighted by Gasteiger charge is 2.43. The fourth-order valence-corrected chi connectivity index (χ4v) is 3.09. The number of aliphatic hydroxyl groups is 2. The molecule has 0 bridgehead atoms. The Bertz CT molecular complexity index is 442. The molecule has 2 aliphatic carbocycles. The van der Waals surface area contributed by atoms with Crippen molar-refractivity contribution in [2.75, 3.05) is 0 Å². The van der Waals surface area contributed by atoms with E-state index < -0.39 is 5.60 Å². The van der Waals surface area contributed by atoms with E-state index in [1.807, 2.05) is 6.92 Å². The van der Waals surface area contributed by atoms with E-state index in [2.05, 4.69) is 19.6 Å². The van der Waals surface area contributed by atoms with Gasteiger partial charge in [0.1, 0.15) is 5.60 Å². The van der Waals surface area contributed by atoms with E-state index in [0.717, 1.165) is 19.3 Å². The van der Waals surface area contributed by atoms with Gasteiger partial charge in [0, 0.05) is 0 Å². The molecule has 0 radical (unpaired) electrons. The fraction of sp³-hybridized carbons (Fsp3) is 0.500. The van der Waals surface area contributed by atoms with Gasteiger partial charge in [-0.2, -0.15) is 0 Å². The molecule has 2 N–H and O–H groups in total. The number of rotatable bonds is 2. The first kappa shape index (κ1) is 13.2. The van der Waals surface area contributed by atoms with Crippen molar-refractivity contribution in [3.63, 3.8) is 0 Å². The lowest BCUT2D eigenvalue weighted by atomic mass is 9.68. The van der Waals surface area contributed by atoms with Crippen molar-refractivity contribution in [2.24, 2.45) is 11.8 Å². The van der Waals surface area contributed by atoms with E-state index in [1.54, 1.807) is 18.2 Å². The van der Waals surface area contributed by atoms with Gasteiger partial charge in [-0.15, -0.1) is 0 Å². The molecule has 0 saturated carbocycles. The maximum absolute atomic E-state index is 10.8. The quantitative estimate of drug-likeness (QED) is 0.730. The highest BCUT2D eigenvalue weighted by molar-refractivity contribution is 5.35. The molecule has 0 aromatic rings. The molecule has 0 aliphatic heterocycles. The minimum atomic E-state index is -1.13. The van der Waals surface area contributed by atoms with Crippen LogP contribution in [0.3, 0.4) is 0 Å². The van der Waals surface area contributed by atoms with E-state index in [9.17, 15) is 10.2 Å². The number of hydrogen-bond donors (Lipinski definition) is 2.